The van der Waals surface area contributed by atoms with Crippen LogP contribution in [0.1, 0.15) is 17.0 Å². The molecule has 1 saturated heterocycles. The van der Waals surface area contributed by atoms with Crippen molar-refractivity contribution >= 4 is 28.8 Å². The van der Waals surface area contributed by atoms with E-state index in [2.05, 4.69) is 10.3 Å². The largest absolute Gasteiger partial charge is 0.497 e. The molecule has 1 fully saturated rings. The Bertz CT molecular complexity index is 996. The topological polar surface area (TPSA) is 45.7 Å². The van der Waals surface area contributed by atoms with Gasteiger partial charge in [0, 0.05) is 48.6 Å². The van der Waals surface area contributed by atoms with Crippen molar-refractivity contribution in [1.29, 1.82) is 0 Å². The fourth-order valence-corrected chi connectivity index (χ4v) is 4.66. The number of benzene rings is 2. The van der Waals surface area contributed by atoms with Crippen LogP contribution >= 0.6 is 22.9 Å². The van der Waals surface area contributed by atoms with Crippen molar-refractivity contribution in [2.24, 2.45) is 0 Å². The van der Waals surface area contributed by atoms with Crippen molar-refractivity contribution in [2.45, 2.75) is 19.4 Å². The molecule has 0 bridgehead atoms. The Hall–Kier alpha value is -2.41. The lowest BCUT2D eigenvalue weighted by Crippen LogP contribution is -2.48. The molecule has 0 spiro atoms. The number of carbonyl (C=O) groups is 1. The maximum atomic E-state index is 12.6. The molecule has 0 N–H and O–H groups in total. The molecule has 0 radical (unpaired) electrons. The maximum absolute atomic E-state index is 12.6. The van der Waals surface area contributed by atoms with E-state index in [0.717, 1.165) is 71.7 Å². The molecule has 162 valence electrons. The highest BCUT2D eigenvalue weighted by molar-refractivity contribution is 7.09. The second-order valence-electron chi connectivity index (χ2n) is 7.64. The number of nitrogens with zero attached hydrogens (tertiary/aromatic N) is 3. The molecule has 1 aromatic heterocycles. The summed E-state index contributed by atoms with van der Waals surface area (Å²) in [5, 5.41) is 3.93. The van der Waals surface area contributed by atoms with Crippen molar-refractivity contribution in [1.82, 2.24) is 14.8 Å². The van der Waals surface area contributed by atoms with Crippen LogP contribution in [-0.4, -0.2) is 54.0 Å². The molecule has 5 nitrogen and oxygen atoms in total. The Morgan fingerprint density at radius 2 is 1.77 bits per heavy atom. The van der Waals surface area contributed by atoms with Crippen molar-refractivity contribution < 1.29 is 9.53 Å². The van der Waals surface area contributed by atoms with E-state index in [1.807, 2.05) is 53.4 Å². The van der Waals surface area contributed by atoms with E-state index < -0.39 is 0 Å². The zero-order chi connectivity index (χ0) is 21.6. The van der Waals surface area contributed by atoms with Crippen LogP contribution in [0.4, 0.5) is 0 Å². The summed E-state index contributed by atoms with van der Waals surface area (Å²) in [6.45, 7) is 4.13. The van der Waals surface area contributed by atoms with E-state index in [4.69, 9.17) is 21.3 Å². The summed E-state index contributed by atoms with van der Waals surface area (Å²) in [5.74, 6) is 1.07. The third kappa shape index (κ3) is 5.85. The zero-order valence-corrected chi connectivity index (χ0v) is 19.2. The normalized spacial score (nSPS) is 14.6. The lowest BCUT2D eigenvalue weighted by atomic mass is 10.1. The first kappa shape index (κ1) is 21.8. The first-order valence-corrected chi connectivity index (χ1v) is 11.7. The molecule has 0 saturated carbocycles. The Morgan fingerprint density at radius 3 is 2.45 bits per heavy atom. The van der Waals surface area contributed by atoms with Gasteiger partial charge >= 0.3 is 0 Å². The lowest BCUT2D eigenvalue weighted by Gasteiger charge is -2.34. The average Bonchev–Trinajstić information content (AvgIpc) is 3.27. The molecule has 1 aliphatic rings. The summed E-state index contributed by atoms with van der Waals surface area (Å²) in [7, 11) is 1.66. The highest BCUT2D eigenvalue weighted by atomic mass is 35.5. The number of amides is 1. The van der Waals surface area contributed by atoms with Gasteiger partial charge in [0.25, 0.3) is 0 Å². The van der Waals surface area contributed by atoms with Crippen molar-refractivity contribution in [3.63, 3.8) is 0 Å². The van der Waals surface area contributed by atoms with Crippen LogP contribution < -0.4 is 4.74 Å². The predicted octanol–water partition coefficient (Wildman–Crippen LogP) is 4.75. The molecule has 31 heavy (non-hydrogen) atoms. The molecule has 7 heteroatoms. The van der Waals surface area contributed by atoms with E-state index in [1.54, 1.807) is 18.4 Å². The predicted molar refractivity (Wildman–Crippen MR) is 126 cm³/mol. The standard InChI is InChI=1S/C24H26ClN3O2S/c1-30-21-9-2-18(3-10-21)4-11-24(29)28-14-12-27(13-15-28)16-23-26-22(17-31-23)19-5-7-20(25)8-6-19/h2-3,5-10,17H,4,11-16H2,1H3. The highest BCUT2D eigenvalue weighted by Gasteiger charge is 2.21. The van der Waals surface area contributed by atoms with Gasteiger partial charge in [-0.1, -0.05) is 35.9 Å². The number of halogens is 1. The molecule has 1 amide bonds. The van der Waals surface area contributed by atoms with Crippen LogP contribution in [0.2, 0.25) is 5.02 Å². The molecule has 2 aromatic carbocycles. The fourth-order valence-electron chi connectivity index (χ4n) is 3.69. The summed E-state index contributed by atoms with van der Waals surface area (Å²) >= 11 is 7.65. The van der Waals surface area contributed by atoms with Gasteiger partial charge in [0.1, 0.15) is 10.8 Å². The van der Waals surface area contributed by atoms with E-state index in [0.29, 0.717) is 6.42 Å². The van der Waals surface area contributed by atoms with Crippen molar-refractivity contribution in [2.75, 3.05) is 33.3 Å². The van der Waals surface area contributed by atoms with Gasteiger partial charge in [-0.2, -0.15) is 0 Å². The molecule has 2 heterocycles. The molecular formula is C24H26ClN3O2S. The van der Waals surface area contributed by atoms with Crippen molar-refractivity contribution in [3.8, 4) is 17.0 Å². The zero-order valence-electron chi connectivity index (χ0n) is 17.6. The number of hydrogen-bond acceptors (Lipinski definition) is 5. The number of piperazine rings is 1. The highest BCUT2D eigenvalue weighted by Crippen LogP contribution is 2.24. The first-order valence-electron chi connectivity index (χ1n) is 10.4. The molecule has 1 aliphatic heterocycles. The minimum absolute atomic E-state index is 0.231. The summed E-state index contributed by atoms with van der Waals surface area (Å²) in [6, 6.07) is 15.7. The molecular weight excluding hydrogens is 430 g/mol. The van der Waals surface area contributed by atoms with Gasteiger partial charge in [0.15, 0.2) is 0 Å². The van der Waals surface area contributed by atoms with Gasteiger partial charge < -0.3 is 9.64 Å². The molecule has 0 aliphatic carbocycles. The minimum Gasteiger partial charge on any atom is -0.497 e. The number of ether oxygens (including phenoxy) is 1. The van der Waals surface area contributed by atoms with Crippen LogP contribution in [0.15, 0.2) is 53.9 Å². The van der Waals surface area contributed by atoms with Crippen LogP contribution in [-0.2, 0) is 17.8 Å². The Labute approximate surface area is 192 Å². The second kappa shape index (κ2) is 10.3. The van der Waals surface area contributed by atoms with E-state index in [9.17, 15) is 4.79 Å². The van der Waals surface area contributed by atoms with Gasteiger partial charge in [0.05, 0.1) is 19.3 Å². The Balaban J connectivity index is 1.23. The van der Waals surface area contributed by atoms with Gasteiger partial charge in [-0.15, -0.1) is 11.3 Å². The van der Waals surface area contributed by atoms with Gasteiger partial charge in [-0.3, -0.25) is 9.69 Å². The fraction of sp³-hybridized carbons (Fsp3) is 0.333. The molecule has 4 rings (SSSR count). The van der Waals surface area contributed by atoms with Crippen LogP contribution in [0, 0.1) is 0 Å². The van der Waals surface area contributed by atoms with E-state index in [-0.39, 0.29) is 5.91 Å². The van der Waals surface area contributed by atoms with Crippen LogP contribution in [0.3, 0.4) is 0 Å². The lowest BCUT2D eigenvalue weighted by molar-refractivity contribution is -0.133. The minimum atomic E-state index is 0.231. The van der Waals surface area contributed by atoms with Crippen LogP contribution in [0.5, 0.6) is 5.75 Å². The summed E-state index contributed by atoms with van der Waals surface area (Å²) in [5.41, 5.74) is 3.23. The summed E-state index contributed by atoms with van der Waals surface area (Å²) in [4.78, 5) is 21.7. The number of aromatic nitrogens is 1. The SMILES string of the molecule is COc1ccc(CCC(=O)N2CCN(Cc3nc(-c4ccc(Cl)cc4)cs3)CC2)cc1. The molecule has 3 aromatic rings. The van der Waals surface area contributed by atoms with Crippen LogP contribution in [0.25, 0.3) is 11.3 Å². The monoisotopic (exact) mass is 455 g/mol. The van der Waals surface area contributed by atoms with Gasteiger partial charge in [-0.05, 0) is 36.2 Å². The third-order valence-electron chi connectivity index (χ3n) is 5.56. The number of thiazole rings is 1. The molecule has 0 atom stereocenters. The molecule has 0 unspecified atom stereocenters. The number of carbonyl (C=O) groups excluding carboxylic acids is 1. The number of rotatable bonds is 7. The number of hydrogen-bond donors (Lipinski definition) is 0. The maximum Gasteiger partial charge on any atom is 0.222 e. The Morgan fingerprint density at radius 1 is 1.06 bits per heavy atom. The summed E-state index contributed by atoms with van der Waals surface area (Å²) < 4.78 is 5.18. The van der Waals surface area contributed by atoms with Crippen molar-refractivity contribution in [3.05, 3.63) is 69.5 Å². The average molecular weight is 456 g/mol. The van der Waals surface area contributed by atoms with E-state index >= 15 is 0 Å². The smallest absolute Gasteiger partial charge is 0.222 e. The van der Waals surface area contributed by atoms with Gasteiger partial charge in [-0.25, -0.2) is 4.98 Å². The second-order valence-corrected chi connectivity index (χ2v) is 9.02. The van der Waals surface area contributed by atoms with E-state index in [1.165, 1.54) is 0 Å². The summed E-state index contributed by atoms with van der Waals surface area (Å²) in [6.07, 6.45) is 1.30. The number of aryl methyl sites for hydroxylation is 1. The van der Waals surface area contributed by atoms with Gasteiger partial charge in [0.2, 0.25) is 5.91 Å². The quantitative estimate of drug-likeness (QED) is 0.515. The first-order chi connectivity index (χ1) is 15.1. The number of methoxy groups -OCH3 is 1. The Kier molecular flexibility index (Phi) is 7.22. The third-order valence-corrected chi connectivity index (χ3v) is 6.65.